The Kier molecular flexibility index (Phi) is 4.08. The molecule has 2 heterocycles. The maximum Gasteiger partial charge on any atom is 0.139 e. The molecule has 0 bridgehead atoms. The highest BCUT2D eigenvalue weighted by Gasteiger charge is 2.24. The van der Waals surface area contributed by atoms with Crippen LogP contribution in [0, 0.1) is 24.2 Å². The van der Waals surface area contributed by atoms with E-state index in [-0.39, 0.29) is 5.84 Å². The first-order valence-corrected chi connectivity index (χ1v) is 7.06. The lowest BCUT2D eigenvalue weighted by Crippen LogP contribution is -2.37. The summed E-state index contributed by atoms with van der Waals surface area (Å²) >= 11 is 0. The summed E-state index contributed by atoms with van der Waals surface area (Å²) in [5.41, 5.74) is 7.40. The molecule has 1 aliphatic heterocycles. The van der Waals surface area contributed by atoms with Gasteiger partial charge in [0.1, 0.15) is 11.7 Å². The van der Waals surface area contributed by atoms with Crippen LogP contribution in [0.25, 0.3) is 0 Å². The summed E-state index contributed by atoms with van der Waals surface area (Å²) in [5, 5.41) is 7.68. The van der Waals surface area contributed by atoms with Crippen LogP contribution < -0.4 is 10.6 Å². The van der Waals surface area contributed by atoms with Crippen molar-refractivity contribution in [1.29, 1.82) is 5.41 Å². The van der Waals surface area contributed by atoms with E-state index in [1.165, 1.54) is 12.8 Å². The van der Waals surface area contributed by atoms with Crippen LogP contribution in [0.2, 0.25) is 0 Å². The summed E-state index contributed by atoms with van der Waals surface area (Å²) in [7, 11) is 0. The van der Waals surface area contributed by atoms with Crippen LogP contribution in [-0.4, -0.2) is 23.9 Å². The van der Waals surface area contributed by atoms with Gasteiger partial charge in [-0.1, -0.05) is 13.8 Å². The predicted molar refractivity (Wildman–Crippen MR) is 79.8 cm³/mol. The Bertz CT molecular complexity index is 459. The molecule has 0 aliphatic carbocycles. The number of nitrogen functional groups attached to an aromatic ring is 1. The fraction of sp³-hybridized carbons (Fsp3) is 0.600. The van der Waals surface area contributed by atoms with Crippen LogP contribution in [0.15, 0.2) is 12.1 Å². The zero-order valence-corrected chi connectivity index (χ0v) is 12.1. The maximum absolute atomic E-state index is 7.68. The minimum atomic E-state index is 0.105. The van der Waals surface area contributed by atoms with Gasteiger partial charge < -0.3 is 10.6 Å². The van der Waals surface area contributed by atoms with Gasteiger partial charge in [0.2, 0.25) is 0 Å². The zero-order valence-electron chi connectivity index (χ0n) is 12.1. The summed E-state index contributed by atoms with van der Waals surface area (Å²) in [4.78, 5) is 6.87. The number of nitrogens with zero attached hydrogens (tertiary/aromatic N) is 2. The van der Waals surface area contributed by atoms with E-state index in [4.69, 9.17) is 11.1 Å². The fourth-order valence-corrected chi connectivity index (χ4v) is 2.77. The Morgan fingerprint density at radius 2 is 2.00 bits per heavy atom. The average molecular weight is 260 g/mol. The Balaban J connectivity index is 2.19. The van der Waals surface area contributed by atoms with Crippen LogP contribution in [0.1, 0.15) is 37.9 Å². The minimum Gasteiger partial charge on any atom is -0.384 e. The molecule has 19 heavy (non-hydrogen) atoms. The van der Waals surface area contributed by atoms with E-state index in [0.29, 0.717) is 0 Å². The topological polar surface area (TPSA) is 66.0 Å². The normalized spacial score (nSPS) is 16.9. The van der Waals surface area contributed by atoms with Gasteiger partial charge in [0.05, 0.1) is 5.56 Å². The van der Waals surface area contributed by atoms with E-state index in [0.717, 1.165) is 42.0 Å². The third-order valence-electron chi connectivity index (χ3n) is 4.09. The minimum absolute atomic E-state index is 0.105. The van der Waals surface area contributed by atoms with E-state index in [1.807, 2.05) is 19.1 Å². The van der Waals surface area contributed by atoms with Crippen LogP contribution in [0.5, 0.6) is 0 Å². The molecule has 0 spiro atoms. The van der Waals surface area contributed by atoms with Crippen LogP contribution in [0.4, 0.5) is 5.82 Å². The third kappa shape index (κ3) is 3.06. The molecule has 0 amide bonds. The molecule has 4 nitrogen and oxygen atoms in total. The highest BCUT2D eigenvalue weighted by atomic mass is 15.2. The second-order valence-corrected chi connectivity index (χ2v) is 5.81. The second kappa shape index (κ2) is 5.59. The van der Waals surface area contributed by atoms with Gasteiger partial charge in [0, 0.05) is 18.8 Å². The number of hydrogen-bond donors (Lipinski definition) is 2. The lowest BCUT2D eigenvalue weighted by atomic mass is 9.86. The summed E-state index contributed by atoms with van der Waals surface area (Å²) in [6.07, 6.45) is 2.40. The molecule has 0 radical (unpaired) electrons. The number of piperidine rings is 1. The molecule has 1 saturated heterocycles. The lowest BCUT2D eigenvalue weighted by molar-refractivity contribution is 0.310. The number of pyridine rings is 1. The molecule has 4 heteroatoms. The van der Waals surface area contributed by atoms with Crippen LogP contribution in [0.3, 0.4) is 0 Å². The molecule has 1 aromatic rings. The number of rotatable bonds is 3. The van der Waals surface area contributed by atoms with Crippen molar-refractivity contribution >= 4 is 11.7 Å². The van der Waals surface area contributed by atoms with Gasteiger partial charge >= 0.3 is 0 Å². The van der Waals surface area contributed by atoms with Gasteiger partial charge in [0.25, 0.3) is 0 Å². The molecule has 0 unspecified atom stereocenters. The van der Waals surface area contributed by atoms with Crippen molar-refractivity contribution in [3.63, 3.8) is 0 Å². The van der Waals surface area contributed by atoms with Crippen molar-refractivity contribution in [1.82, 2.24) is 4.98 Å². The van der Waals surface area contributed by atoms with Gasteiger partial charge in [0.15, 0.2) is 0 Å². The number of aromatic nitrogens is 1. The molecular formula is C15H24N4. The fourth-order valence-electron chi connectivity index (χ4n) is 2.77. The summed E-state index contributed by atoms with van der Waals surface area (Å²) in [6, 6.07) is 3.83. The van der Waals surface area contributed by atoms with E-state index in [9.17, 15) is 0 Å². The number of nitrogens with two attached hydrogens (primary N) is 1. The largest absolute Gasteiger partial charge is 0.384 e. The molecular weight excluding hydrogens is 236 g/mol. The predicted octanol–water partition coefficient (Wildman–Crippen LogP) is 2.55. The Hall–Kier alpha value is -1.58. The first kappa shape index (κ1) is 13.8. The standard InChI is InChI=1S/C15H24N4/c1-10(2)12-6-8-19(9-7-12)15-13(14(16)17)5-4-11(3)18-15/h4-5,10,12H,6-9H2,1-3H3,(H3,16,17). The molecule has 3 N–H and O–H groups in total. The molecule has 1 fully saturated rings. The van der Waals surface area contributed by atoms with Gasteiger partial charge in [-0.25, -0.2) is 4.98 Å². The first-order valence-electron chi connectivity index (χ1n) is 7.06. The molecule has 2 rings (SSSR count). The molecule has 1 aromatic heterocycles. The van der Waals surface area contributed by atoms with Crippen LogP contribution in [-0.2, 0) is 0 Å². The first-order chi connectivity index (χ1) is 8.99. The highest BCUT2D eigenvalue weighted by Crippen LogP contribution is 2.28. The van der Waals surface area contributed by atoms with Crippen LogP contribution >= 0.6 is 0 Å². The van der Waals surface area contributed by atoms with Gasteiger partial charge in [-0.2, -0.15) is 0 Å². The second-order valence-electron chi connectivity index (χ2n) is 5.81. The number of nitrogens with one attached hydrogen (secondary N) is 1. The molecule has 104 valence electrons. The monoisotopic (exact) mass is 260 g/mol. The van der Waals surface area contributed by atoms with Gasteiger partial charge in [-0.05, 0) is 43.7 Å². The highest BCUT2D eigenvalue weighted by molar-refractivity contribution is 5.99. The van der Waals surface area contributed by atoms with Crippen molar-refractivity contribution < 1.29 is 0 Å². The van der Waals surface area contributed by atoms with Crippen molar-refractivity contribution in [2.24, 2.45) is 17.6 Å². The number of hydrogen-bond acceptors (Lipinski definition) is 3. The zero-order chi connectivity index (χ0) is 14.0. The van der Waals surface area contributed by atoms with Gasteiger partial charge in [-0.3, -0.25) is 5.41 Å². The number of anilines is 1. The Labute approximate surface area is 115 Å². The quantitative estimate of drug-likeness (QED) is 0.648. The van der Waals surface area contributed by atoms with E-state index >= 15 is 0 Å². The van der Waals surface area contributed by atoms with E-state index in [2.05, 4.69) is 23.7 Å². The summed E-state index contributed by atoms with van der Waals surface area (Å²) in [5.74, 6) is 2.55. The summed E-state index contributed by atoms with van der Waals surface area (Å²) in [6.45, 7) is 8.60. The van der Waals surface area contributed by atoms with Crippen molar-refractivity contribution in [2.45, 2.75) is 33.6 Å². The molecule has 0 aromatic carbocycles. The Morgan fingerprint density at radius 3 is 2.53 bits per heavy atom. The van der Waals surface area contributed by atoms with Crippen molar-refractivity contribution in [2.75, 3.05) is 18.0 Å². The van der Waals surface area contributed by atoms with E-state index < -0.39 is 0 Å². The lowest BCUT2D eigenvalue weighted by Gasteiger charge is -2.35. The van der Waals surface area contributed by atoms with Gasteiger partial charge in [-0.15, -0.1) is 0 Å². The van der Waals surface area contributed by atoms with Crippen molar-refractivity contribution in [3.05, 3.63) is 23.4 Å². The number of aryl methyl sites for hydroxylation is 1. The summed E-state index contributed by atoms with van der Waals surface area (Å²) < 4.78 is 0. The smallest absolute Gasteiger partial charge is 0.139 e. The maximum atomic E-state index is 7.68. The average Bonchev–Trinajstić information content (AvgIpc) is 2.38. The number of amidine groups is 1. The SMILES string of the molecule is Cc1ccc(C(=N)N)c(N2CCC(C(C)C)CC2)n1. The third-order valence-corrected chi connectivity index (χ3v) is 4.09. The molecule has 0 atom stereocenters. The Morgan fingerprint density at radius 1 is 1.37 bits per heavy atom. The van der Waals surface area contributed by atoms with Crippen molar-refractivity contribution in [3.8, 4) is 0 Å². The van der Waals surface area contributed by atoms with E-state index in [1.54, 1.807) is 0 Å². The molecule has 1 aliphatic rings. The molecule has 0 saturated carbocycles.